The predicted molar refractivity (Wildman–Crippen MR) is 94.6 cm³/mol. The highest BCUT2D eigenvalue weighted by atomic mass is 35.5. The van der Waals surface area contributed by atoms with E-state index in [4.69, 9.17) is 16.3 Å². The third kappa shape index (κ3) is 4.39. The van der Waals surface area contributed by atoms with Crippen LogP contribution >= 0.6 is 11.6 Å². The van der Waals surface area contributed by atoms with Crippen molar-refractivity contribution in [2.24, 2.45) is 5.92 Å². The molecule has 6 nitrogen and oxygen atoms in total. The second-order valence-electron chi connectivity index (χ2n) is 6.34. The Kier molecular flexibility index (Phi) is 6.07. The first-order valence-electron chi connectivity index (χ1n) is 7.89. The van der Waals surface area contributed by atoms with Gasteiger partial charge in [0, 0.05) is 37.1 Å². The Bertz CT molecular complexity index is 634. The number of hydrogen-bond donors (Lipinski definition) is 1. The third-order valence-corrected chi connectivity index (χ3v) is 4.55. The number of hydrogen-bond acceptors (Lipinski definition) is 4. The number of methoxy groups -OCH3 is 1. The van der Waals surface area contributed by atoms with Gasteiger partial charge in [0.15, 0.2) is 0 Å². The number of nitrogens with zero attached hydrogens (tertiary/aromatic N) is 2. The molecular formula is C17H24ClN3O3. The number of ether oxygens (including phenoxy) is 1. The highest BCUT2D eigenvalue weighted by Gasteiger charge is 2.34. The van der Waals surface area contributed by atoms with E-state index in [2.05, 4.69) is 5.32 Å². The maximum Gasteiger partial charge on any atom is 0.229 e. The highest BCUT2D eigenvalue weighted by Crippen LogP contribution is 2.31. The minimum Gasteiger partial charge on any atom is -0.495 e. The molecule has 0 aliphatic carbocycles. The van der Waals surface area contributed by atoms with Crippen LogP contribution in [0.15, 0.2) is 12.1 Å². The largest absolute Gasteiger partial charge is 0.495 e. The molecule has 0 saturated carbocycles. The Morgan fingerprint density at radius 3 is 2.79 bits per heavy atom. The number of carbonyl (C=O) groups is 2. The van der Waals surface area contributed by atoms with Crippen molar-refractivity contribution in [2.75, 3.05) is 46.2 Å². The van der Waals surface area contributed by atoms with Crippen LogP contribution < -0.4 is 10.1 Å². The summed E-state index contributed by atoms with van der Waals surface area (Å²) in [7, 11) is 5.44. The zero-order chi connectivity index (χ0) is 17.9. The van der Waals surface area contributed by atoms with Crippen LogP contribution in [0.5, 0.6) is 5.75 Å². The lowest BCUT2D eigenvalue weighted by Crippen LogP contribution is -2.34. The Morgan fingerprint density at radius 2 is 2.17 bits per heavy atom. The van der Waals surface area contributed by atoms with Gasteiger partial charge in [-0.05, 0) is 32.6 Å². The third-order valence-electron chi connectivity index (χ3n) is 4.14. The van der Waals surface area contributed by atoms with Gasteiger partial charge in [0.25, 0.3) is 0 Å². The summed E-state index contributed by atoms with van der Waals surface area (Å²) in [6.45, 7) is 3.73. The number of likely N-dealkylation sites (tertiary alicyclic amines) is 1. The van der Waals surface area contributed by atoms with Gasteiger partial charge in [-0.25, -0.2) is 0 Å². The van der Waals surface area contributed by atoms with E-state index >= 15 is 0 Å². The molecule has 1 unspecified atom stereocenters. The first kappa shape index (κ1) is 18.5. The van der Waals surface area contributed by atoms with Crippen LogP contribution in [0.1, 0.15) is 12.0 Å². The van der Waals surface area contributed by atoms with Gasteiger partial charge >= 0.3 is 0 Å². The van der Waals surface area contributed by atoms with Crippen molar-refractivity contribution in [3.8, 4) is 5.75 Å². The van der Waals surface area contributed by atoms with Gasteiger partial charge in [-0.2, -0.15) is 0 Å². The minimum absolute atomic E-state index is 0.0243. The molecule has 1 fully saturated rings. The van der Waals surface area contributed by atoms with E-state index in [0.29, 0.717) is 29.5 Å². The normalized spacial score (nSPS) is 17.5. The lowest BCUT2D eigenvalue weighted by atomic mass is 10.1. The summed E-state index contributed by atoms with van der Waals surface area (Å²) in [5, 5.41) is 3.44. The first-order chi connectivity index (χ1) is 11.3. The van der Waals surface area contributed by atoms with E-state index in [1.807, 2.05) is 25.9 Å². The quantitative estimate of drug-likeness (QED) is 0.849. The van der Waals surface area contributed by atoms with E-state index < -0.39 is 0 Å². The Balaban J connectivity index is 2.03. The van der Waals surface area contributed by atoms with E-state index in [0.717, 1.165) is 12.1 Å². The molecule has 2 amide bonds. The summed E-state index contributed by atoms with van der Waals surface area (Å²) in [5.74, 6) is 0.0140. The van der Waals surface area contributed by atoms with E-state index in [1.54, 1.807) is 17.0 Å². The highest BCUT2D eigenvalue weighted by molar-refractivity contribution is 6.31. The summed E-state index contributed by atoms with van der Waals surface area (Å²) in [6.07, 6.45) is 0.244. The summed E-state index contributed by atoms with van der Waals surface area (Å²) < 4.78 is 5.27. The van der Waals surface area contributed by atoms with Crippen molar-refractivity contribution < 1.29 is 14.3 Å². The molecule has 0 radical (unpaired) electrons. The fraction of sp³-hybridized carbons (Fsp3) is 0.529. The van der Waals surface area contributed by atoms with Crippen molar-refractivity contribution in [3.63, 3.8) is 0 Å². The smallest absolute Gasteiger partial charge is 0.229 e. The topological polar surface area (TPSA) is 61.9 Å². The lowest BCUT2D eigenvalue weighted by molar-refractivity contribution is -0.128. The fourth-order valence-electron chi connectivity index (χ4n) is 2.65. The maximum absolute atomic E-state index is 12.5. The predicted octanol–water partition coefficient (Wildman–Crippen LogP) is 2.01. The average Bonchev–Trinajstić information content (AvgIpc) is 2.89. The molecule has 0 aromatic heterocycles. The molecule has 0 bridgehead atoms. The molecule has 7 heteroatoms. The number of rotatable bonds is 6. The van der Waals surface area contributed by atoms with Gasteiger partial charge < -0.3 is 19.9 Å². The fourth-order valence-corrected chi connectivity index (χ4v) is 2.80. The number of nitrogens with one attached hydrogen (secondary N) is 1. The molecule has 1 atom stereocenters. The van der Waals surface area contributed by atoms with E-state index in [-0.39, 0.29) is 24.2 Å². The number of aryl methyl sites for hydroxylation is 1. The summed E-state index contributed by atoms with van der Waals surface area (Å²) in [5.41, 5.74) is 1.42. The van der Waals surface area contributed by atoms with Gasteiger partial charge in [-0.1, -0.05) is 11.6 Å². The Morgan fingerprint density at radius 1 is 1.46 bits per heavy atom. The number of anilines is 1. The van der Waals surface area contributed by atoms with Crippen molar-refractivity contribution in [2.45, 2.75) is 13.3 Å². The summed E-state index contributed by atoms with van der Waals surface area (Å²) >= 11 is 6.08. The number of benzene rings is 1. The van der Waals surface area contributed by atoms with Crippen LogP contribution in [0, 0.1) is 12.8 Å². The Labute approximate surface area is 147 Å². The minimum atomic E-state index is -0.347. The molecule has 2 rings (SSSR count). The number of carbonyl (C=O) groups excluding carboxylic acids is 2. The van der Waals surface area contributed by atoms with Crippen molar-refractivity contribution in [3.05, 3.63) is 22.7 Å². The number of amides is 2. The van der Waals surface area contributed by atoms with Crippen LogP contribution in [0.25, 0.3) is 0 Å². The van der Waals surface area contributed by atoms with Gasteiger partial charge in [0.2, 0.25) is 11.8 Å². The van der Waals surface area contributed by atoms with Crippen molar-refractivity contribution in [1.29, 1.82) is 0 Å². The number of halogens is 1. The molecule has 1 aliphatic heterocycles. The van der Waals surface area contributed by atoms with Crippen molar-refractivity contribution >= 4 is 29.1 Å². The van der Waals surface area contributed by atoms with Crippen LogP contribution in [0.2, 0.25) is 5.02 Å². The second-order valence-corrected chi connectivity index (χ2v) is 6.74. The monoisotopic (exact) mass is 353 g/mol. The molecular weight excluding hydrogens is 330 g/mol. The maximum atomic E-state index is 12.5. The van der Waals surface area contributed by atoms with Gasteiger partial charge in [0.1, 0.15) is 5.75 Å². The van der Waals surface area contributed by atoms with Crippen LogP contribution in [-0.4, -0.2) is 62.5 Å². The average molecular weight is 354 g/mol. The van der Waals surface area contributed by atoms with Crippen molar-refractivity contribution in [1.82, 2.24) is 9.80 Å². The molecule has 1 saturated heterocycles. The van der Waals surface area contributed by atoms with Crippen LogP contribution in [0.3, 0.4) is 0 Å². The first-order valence-corrected chi connectivity index (χ1v) is 8.27. The Hall–Kier alpha value is -1.79. The second kappa shape index (κ2) is 7.85. The lowest BCUT2D eigenvalue weighted by Gasteiger charge is -2.19. The van der Waals surface area contributed by atoms with Crippen LogP contribution in [0.4, 0.5) is 5.69 Å². The number of likely N-dealkylation sites (N-methyl/N-ethyl adjacent to an activating group) is 1. The summed E-state index contributed by atoms with van der Waals surface area (Å²) in [6, 6.07) is 3.45. The van der Waals surface area contributed by atoms with Gasteiger partial charge in [0.05, 0.1) is 18.7 Å². The molecule has 24 heavy (non-hydrogen) atoms. The summed E-state index contributed by atoms with van der Waals surface area (Å²) in [4.78, 5) is 28.3. The standard InChI is InChI=1S/C17H24ClN3O3/c1-11-7-14(15(24-4)9-13(11)18)19-17(23)12-8-16(22)21(10-12)6-5-20(2)3/h7,9,12H,5-6,8,10H2,1-4H3,(H,19,23). The van der Waals surface area contributed by atoms with Gasteiger partial charge in [-0.3, -0.25) is 9.59 Å². The van der Waals surface area contributed by atoms with E-state index in [1.165, 1.54) is 7.11 Å². The molecule has 1 aromatic carbocycles. The zero-order valence-electron chi connectivity index (χ0n) is 14.6. The van der Waals surface area contributed by atoms with Crippen LogP contribution in [-0.2, 0) is 9.59 Å². The molecule has 0 spiro atoms. The van der Waals surface area contributed by atoms with E-state index in [9.17, 15) is 9.59 Å². The zero-order valence-corrected chi connectivity index (χ0v) is 15.3. The SMILES string of the molecule is COc1cc(Cl)c(C)cc1NC(=O)C1CC(=O)N(CCN(C)C)C1. The molecule has 1 aliphatic rings. The molecule has 132 valence electrons. The molecule has 1 aromatic rings. The molecule has 1 N–H and O–H groups in total. The van der Waals surface area contributed by atoms with Gasteiger partial charge in [-0.15, -0.1) is 0 Å². The molecule has 1 heterocycles.